The van der Waals surface area contributed by atoms with Gasteiger partial charge in [0, 0.05) is 13.0 Å². The number of aromatic nitrogens is 2. The highest BCUT2D eigenvalue weighted by Gasteiger charge is 2.17. The highest BCUT2D eigenvalue weighted by atomic mass is 35.5. The molecule has 0 saturated heterocycles. The molecule has 1 N–H and O–H groups in total. The minimum absolute atomic E-state index is 0.402. The summed E-state index contributed by atoms with van der Waals surface area (Å²) in [4.78, 5) is 0. The number of benzene rings is 1. The quantitative estimate of drug-likeness (QED) is 0.941. The molecule has 0 bridgehead atoms. The number of aliphatic hydroxyl groups excluding tert-OH is 1. The maximum atomic E-state index is 10.3. The van der Waals surface area contributed by atoms with Crippen LogP contribution in [-0.2, 0) is 13.0 Å². The summed E-state index contributed by atoms with van der Waals surface area (Å²) in [5.41, 5.74) is 2.95. The molecule has 0 radical (unpaired) electrons. The van der Waals surface area contributed by atoms with Gasteiger partial charge in [-0.15, -0.1) is 0 Å². The summed E-state index contributed by atoms with van der Waals surface area (Å²) in [6.07, 6.45) is -0.263. The topological polar surface area (TPSA) is 61.8 Å². The summed E-state index contributed by atoms with van der Waals surface area (Å²) in [6, 6.07) is 8.97. The summed E-state index contributed by atoms with van der Waals surface area (Å²) in [5, 5.41) is 24.0. The Labute approximate surface area is 123 Å². The molecule has 0 aliphatic rings. The Kier molecular flexibility index (Phi) is 4.43. The summed E-state index contributed by atoms with van der Waals surface area (Å²) < 4.78 is 1.81. The molecule has 0 fully saturated rings. The van der Waals surface area contributed by atoms with Gasteiger partial charge in [0.2, 0.25) is 0 Å². The molecule has 0 amide bonds. The molecule has 1 aromatic heterocycles. The normalized spacial score (nSPS) is 12.2. The third-order valence-corrected chi connectivity index (χ3v) is 3.76. The van der Waals surface area contributed by atoms with Crippen molar-refractivity contribution in [2.75, 3.05) is 0 Å². The lowest BCUT2D eigenvalue weighted by Crippen LogP contribution is -2.09. The van der Waals surface area contributed by atoms with E-state index in [1.807, 2.05) is 18.5 Å². The highest BCUT2D eigenvalue weighted by molar-refractivity contribution is 6.31. The molecule has 5 heteroatoms. The molecule has 0 aliphatic heterocycles. The zero-order chi connectivity index (χ0) is 14.7. The van der Waals surface area contributed by atoms with Crippen molar-refractivity contribution in [3.05, 3.63) is 51.8 Å². The van der Waals surface area contributed by atoms with Crippen molar-refractivity contribution in [2.24, 2.45) is 0 Å². The Morgan fingerprint density at radius 3 is 2.60 bits per heavy atom. The number of rotatable bonds is 4. The molecule has 2 aromatic rings. The van der Waals surface area contributed by atoms with Crippen molar-refractivity contribution in [1.29, 1.82) is 5.26 Å². The standard InChI is InChI=1S/C15H16ClN3O/c1-3-19-13(15(16)10(2)18-19)8-14(20)12-6-4-11(9-17)5-7-12/h4-7,14,20H,3,8H2,1-2H3. The molecule has 0 spiro atoms. The van der Waals surface area contributed by atoms with Crippen molar-refractivity contribution >= 4 is 11.6 Å². The van der Waals surface area contributed by atoms with Crippen molar-refractivity contribution in [1.82, 2.24) is 9.78 Å². The second-order valence-electron chi connectivity index (χ2n) is 4.62. The van der Waals surface area contributed by atoms with E-state index in [-0.39, 0.29) is 0 Å². The second-order valence-corrected chi connectivity index (χ2v) is 4.99. The Balaban J connectivity index is 2.23. The smallest absolute Gasteiger partial charge is 0.0991 e. The average molecular weight is 290 g/mol. The predicted octanol–water partition coefficient (Wildman–Crippen LogP) is 3.01. The number of nitriles is 1. The van der Waals surface area contributed by atoms with Gasteiger partial charge in [-0.05, 0) is 31.5 Å². The molecule has 1 atom stereocenters. The van der Waals surface area contributed by atoms with Crippen molar-refractivity contribution in [3.8, 4) is 6.07 Å². The van der Waals surface area contributed by atoms with Crippen LogP contribution in [0.1, 0.15) is 35.5 Å². The minimum Gasteiger partial charge on any atom is -0.388 e. The van der Waals surface area contributed by atoms with Crippen LogP contribution in [0.2, 0.25) is 5.02 Å². The lowest BCUT2D eigenvalue weighted by atomic mass is 10.0. The largest absolute Gasteiger partial charge is 0.388 e. The lowest BCUT2D eigenvalue weighted by molar-refractivity contribution is 0.175. The highest BCUT2D eigenvalue weighted by Crippen LogP contribution is 2.26. The van der Waals surface area contributed by atoms with Gasteiger partial charge in [-0.1, -0.05) is 23.7 Å². The first-order chi connectivity index (χ1) is 9.56. The number of aliphatic hydroxyl groups is 1. The summed E-state index contributed by atoms with van der Waals surface area (Å²) in [5.74, 6) is 0. The van der Waals surface area contributed by atoms with Crippen LogP contribution in [0.3, 0.4) is 0 Å². The fourth-order valence-electron chi connectivity index (χ4n) is 2.14. The average Bonchev–Trinajstić information content (AvgIpc) is 2.75. The Morgan fingerprint density at radius 1 is 1.40 bits per heavy atom. The van der Waals surface area contributed by atoms with Crippen molar-refractivity contribution < 1.29 is 5.11 Å². The van der Waals surface area contributed by atoms with Crippen LogP contribution in [0.5, 0.6) is 0 Å². The molecular weight excluding hydrogens is 274 g/mol. The van der Waals surface area contributed by atoms with E-state index < -0.39 is 6.10 Å². The van der Waals surface area contributed by atoms with Gasteiger partial charge in [0.15, 0.2) is 0 Å². The minimum atomic E-state index is -0.665. The fraction of sp³-hybridized carbons (Fsp3) is 0.333. The van der Waals surface area contributed by atoms with Crippen LogP contribution < -0.4 is 0 Å². The molecular formula is C15H16ClN3O. The van der Waals surface area contributed by atoms with Crippen molar-refractivity contribution in [3.63, 3.8) is 0 Å². The Hall–Kier alpha value is -1.83. The molecule has 1 unspecified atom stereocenters. The van der Waals surface area contributed by atoms with E-state index >= 15 is 0 Å². The zero-order valence-electron chi connectivity index (χ0n) is 11.5. The van der Waals surface area contributed by atoms with Crippen molar-refractivity contribution in [2.45, 2.75) is 32.9 Å². The maximum absolute atomic E-state index is 10.3. The molecule has 2 rings (SSSR count). The number of hydrogen-bond acceptors (Lipinski definition) is 3. The van der Waals surface area contributed by atoms with E-state index in [0.29, 0.717) is 23.6 Å². The third-order valence-electron chi connectivity index (χ3n) is 3.26. The van der Waals surface area contributed by atoms with Crippen LogP contribution >= 0.6 is 11.6 Å². The van der Waals surface area contributed by atoms with Gasteiger partial charge in [-0.2, -0.15) is 10.4 Å². The van der Waals surface area contributed by atoms with E-state index in [1.54, 1.807) is 24.3 Å². The fourth-order valence-corrected chi connectivity index (χ4v) is 2.36. The third kappa shape index (κ3) is 2.84. The second kappa shape index (κ2) is 6.08. The first-order valence-electron chi connectivity index (χ1n) is 6.46. The van der Waals surface area contributed by atoms with Gasteiger partial charge in [0.25, 0.3) is 0 Å². The predicted molar refractivity (Wildman–Crippen MR) is 77.5 cm³/mol. The van der Waals surface area contributed by atoms with Crippen LogP contribution in [0.4, 0.5) is 0 Å². The number of nitrogens with zero attached hydrogens (tertiary/aromatic N) is 3. The Bertz CT molecular complexity index is 640. The van der Waals surface area contributed by atoms with E-state index in [4.69, 9.17) is 16.9 Å². The molecule has 1 aromatic carbocycles. The van der Waals surface area contributed by atoms with Crippen LogP contribution in [0.25, 0.3) is 0 Å². The van der Waals surface area contributed by atoms with Crippen LogP contribution in [-0.4, -0.2) is 14.9 Å². The van der Waals surface area contributed by atoms with Crippen LogP contribution in [0.15, 0.2) is 24.3 Å². The molecule has 20 heavy (non-hydrogen) atoms. The van der Waals surface area contributed by atoms with Gasteiger partial charge < -0.3 is 5.11 Å². The first-order valence-corrected chi connectivity index (χ1v) is 6.84. The van der Waals surface area contributed by atoms with E-state index in [1.165, 1.54) is 0 Å². The van der Waals surface area contributed by atoms with Gasteiger partial charge in [0.1, 0.15) is 0 Å². The Morgan fingerprint density at radius 2 is 2.05 bits per heavy atom. The maximum Gasteiger partial charge on any atom is 0.0991 e. The first kappa shape index (κ1) is 14.6. The van der Waals surface area contributed by atoms with Gasteiger partial charge in [-0.3, -0.25) is 4.68 Å². The molecule has 4 nitrogen and oxygen atoms in total. The summed E-state index contributed by atoms with van der Waals surface area (Å²) in [7, 11) is 0. The molecule has 104 valence electrons. The molecule has 1 heterocycles. The lowest BCUT2D eigenvalue weighted by Gasteiger charge is -2.12. The number of aryl methyl sites for hydroxylation is 2. The number of hydrogen-bond donors (Lipinski definition) is 1. The van der Waals surface area contributed by atoms with Gasteiger partial charge in [0.05, 0.1) is 34.1 Å². The summed E-state index contributed by atoms with van der Waals surface area (Å²) in [6.45, 7) is 4.55. The van der Waals surface area contributed by atoms with E-state index in [2.05, 4.69) is 11.2 Å². The number of halogens is 1. The zero-order valence-corrected chi connectivity index (χ0v) is 12.2. The van der Waals surface area contributed by atoms with E-state index in [0.717, 1.165) is 17.0 Å². The van der Waals surface area contributed by atoms with E-state index in [9.17, 15) is 5.11 Å². The van der Waals surface area contributed by atoms with Crippen LogP contribution in [0, 0.1) is 18.3 Å². The van der Waals surface area contributed by atoms with Gasteiger partial charge >= 0.3 is 0 Å². The van der Waals surface area contributed by atoms with Gasteiger partial charge in [-0.25, -0.2) is 0 Å². The molecule has 0 saturated carbocycles. The monoisotopic (exact) mass is 289 g/mol. The summed E-state index contributed by atoms with van der Waals surface area (Å²) >= 11 is 6.23. The molecule has 0 aliphatic carbocycles. The SMILES string of the molecule is CCn1nc(C)c(Cl)c1CC(O)c1ccc(C#N)cc1.